The Kier molecular flexibility index (Phi) is 8.49. The van der Waals surface area contributed by atoms with Crippen molar-refractivity contribution >= 4 is 5.91 Å². The average Bonchev–Trinajstić information content (AvgIpc) is 2.71. The highest BCUT2D eigenvalue weighted by atomic mass is 16.5. The molecule has 0 saturated heterocycles. The van der Waals surface area contributed by atoms with Crippen LogP contribution in [-0.2, 0) is 0 Å². The summed E-state index contributed by atoms with van der Waals surface area (Å²) in [5.74, 6) is 1.88. The van der Waals surface area contributed by atoms with Crippen molar-refractivity contribution in [2.45, 2.75) is 39.7 Å². The molecule has 5 nitrogen and oxygen atoms in total. The lowest BCUT2D eigenvalue weighted by Crippen LogP contribution is -2.33. The summed E-state index contributed by atoms with van der Waals surface area (Å²) in [6.45, 7) is 7.33. The van der Waals surface area contributed by atoms with E-state index in [0.717, 1.165) is 18.6 Å². The fourth-order valence-corrected chi connectivity index (χ4v) is 2.63. The minimum absolute atomic E-state index is 0.0939. The maximum atomic E-state index is 12.4. The number of nitrogens with one attached hydrogen (secondary N) is 1. The van der Waals surface area contributed by atoms with Crippen molar-refractivity contribution in [3.8, 4) is 17.2 Å². The summed E-state index contributed by atoms with van der Waals surface area (Å²) >= 11 is 0. The molecule has 1 N–H and O–H groups in total. The Morgan fingerprint density at radius 3 is 2.26 bits per heavy atom. The number of carbonyl (C=O) groups excluding carboxylic acids is 1. The molecule has 0 aromatic heterocycles. The minimum Gasteiger partial charge on any atom is -0.490 e. The van der Waals surface area contributed by atoms with E-state index in [1.807, 2.05) is 37.3 Å². The van der Waals surface area contributed by atoms with E-state index >= 15 is 0 Å². The molecule has 0 aliphatic carbocycles. The number of rotatable bonds is 11. The molecule has 0 saturated carbocycles. The molecule has 2 rings (SSSR count). The molecule has 0 heterocycles. The van der Waals surface area contributed by atoms with E-state index in [4.69, 9.17) is 14.2 Å². The highest BCUT2D eigenvalue weighted by Crippen LogP contribution is 2.28. The van der Waals surface area contributed by atoms with Gasteiger partial charge in [-0.05, 0) is 50.1 Å². The number of hydrogen-bond acceptors (Lipinski definition) is 4. The normalized spacial score (nSPS) is 10.5. The molecular weight excluding hydrogens is 342 g/mol. The van der Waals surface area contributed by atoms with Crippen LogP contribution in [-0.4, -0.2) is 31.8 Å². The molecule has 0 aliphatic heterocycles. The third kappa shape index (κ3) is 6.51. The van der Waals surface area contributed by atoms with E-state index in [0.29, 0.717) is 36.9 Å². The van der Waals surface area contributed by atoms with Crippen LogP contribution in [0, 0.1) is 0 Å². The number of amides is 1. The van der Waals surface area contributed by atoms with Gasteiger partial charge in [0.1, 0.15) is 19.0 Å². The van der Waals surface area contributed by atoms with Crippen LogP contribution in [0.25, 0.3) is 0 Å². The standard InChI is InChI=1S/C22H29NO4/c1-4-18(5-2)23-22(24)17-12-13-20(21(16-17)25-6-3)27-15-14-26-19-10-8-7-9-11-19/h7-13,16,18H,4-6,14-15H2,1-3H3,(H,23,24). The third-order valence-electron chi connectivity index (χ3n) is 4.18. The van der Waals surface area contributed by atoms with E-state index < -0.39 is 0 Å². The maximum absolute atomic E-state index is 12.4. The largest absolute Gasteiger partial charge is 0.490 e. The molecule has 0 spiro atoms. The van der Waals surface area contributed by atoms with Crippen LogP contribution in [0.1, 0.15) is 44.0 Å². The first-order chi connectivity index (χ1) is 13.2. The van der Waals surface area contributed by atoms with Crippen molar-refractivity contribution in [2.75, 3.05) is 19.8 Å². The number of para-hydroxylation sites is 1. The fraction of sp³-hybridized carbons (Fsp3) is 0.409. The molecule has 0 radical (unpaired) electrons. The Bertz CT molecular complexity index is 699. The monoisotopic (exact) mass is 371 g/mol. The SMILES string of the molecule is CCOc1cc(C(=O)NC(CC)CC)ccc1OCCOc1ccccc1. The summed E-state index contributed by atoms with van der Waals surface area (Å²) in [6, 6.07) is 15.0. The minimum atomic E-state index is -0.0939. The first-order valence-corrected chi connectivity index (χ1v) is 9.56. The highest BCUT2D eigenvalue weighted by molar-refractivity contribution is 5.95. The van der Waals surface area contributed by atoms with Crippen molar-refractivity contribution in [2.24, 2.45) is 0 Å². The molecule has 1 amide bonds. The van der Waals surface area contributed by atoms with Crippen molar-refractivity contribution in [3.05, 3.63) is 54.1 Å². The van der Waals surface area contributed by atoms with Crippen LogP contribution >= 0.6 is 0 Å². The van der Waals surface area contributed by atoms with Crippen molar-refractivity contribution in [1.82, 2.24) is 5.32 Å². The molecule has 0 aliphatic rings. The van der Waals surface area contributed by atoms with Crippen LogP contribution in [0.2, 0.25) is 0 Å². The van der Waals surface area contributed by atoms with Crippen LogP contribution in [0.3, 0.4) is 0 Å². The Morgan fingerprint density at radius 2 is 1.59 bits per heavy atom. The summed E-state index contributed by atoms with van der Waals surface area (Å²) in [7, 11) is 0. The van der Waals surface area contributed by atoms with Gasteiger partial charge < -0.3 is 19.5 Å². The quantitative estimate of drug-likeness (QED) is 0.593. The molecule has 0 fully saturated rings. The predicted octanol–water partition coefficient (Wildman–Crippen LogP) is 4.46. The number of hydrogen-bond donors (Lipinski definition) is 1. The van der Waals surface area contributed by atoms with Crippen LogP contribution in [0.15, 0.2) is 48.5 Å². The first-order valence-electron chi connectivity index (χ1n) is 9.56. The smallest absolute Gasteiger partial charge is 0.251 e. The second kappa shape index (κ2) is 11.1. The molecule has 0 unspecified atom stereocenters. The Labute approximate surface area is 161 Å². The van der Waals surface area contributed by atoms with Gasteiger partial charge in [-0.3, -0.25) is 4.79 Å². The lowest BCUT2D eigenvalue weighted by Gasteiger charge is -2.16. The van der Waals surface area contributed by atoms with E-state index in [-0.39, 0.29) is 11.9 Å². The van der Waals surface area contributed by atoms with Crippen molar-refractivity contribution < 1.29 is 19.0 Å². The molecule has 2 aromatic carbocycles. The van der Waals surface area contributed by atoms with Crippen LogP contribution < -0.4 is 19.5 Å². The summed E-state index contributed by atoms with van der Waals surface area (Å²) in [5, 5.41) is 3.04. The zero-order valence-corrected chi connectivity index (χ0v) is 16.4. The molecule has 0 atom stereocenters. The summed E-state index contributed by atoms with van der Waals surface area (Å²) in [6.07, 6.45) is 1.81. The van der Waals surface area contributed by atoms with Gasteiger partial charge >= 0.3 is 0 Å². The highest BCUT2D eigenvalue weighted by Gasteiger charge is 2.14. The van der Waals surface area contributed by atoms with Crippen LogP contribution in [0.4, 0.5) is 0 Å². The Morgan fingerprint density at radius 1 is 0.889 bits per heavy atom. The van der Waals surface area contributed by atoms with Crippen molar-refractivity contribution in [1.29, 1.82) is 0 Å². The lowest BCUT2D eigenvalue weighted by atomic mass is 10.1. The summed E-state index contributed by atoms with van der Waals surface area (Å²) in [5.41, 5.74) is 0.568. The number of carbonyl (C=O) groups is 1. The number of ether oxygens (including phenoxy) is 3. The first kappa shape index (κ1) is 20.6. The van der Waals surface area contributed by atoms with Crippen molar-refractivity contribution in [3.63, 3.8) is 0 Å². The Hall–Kier alpha value is -2.69. The lowest BCUT2D eigenvalue weighted by molar-refractivity contribution is 0.0934. The van der Waals surface area contributed by atoms with Gasteiger partial charge in [0.2, 0.25) is 0 Å². The maximum Gasteiger partial charge on any atom is 0.251 e. The van der Waals surface area contributed by atoms with E-state index in [9.17, 15) is 4.79 Å². The van der Waals surface area contributed by atoms with Gasteiger partial charge in [0.15, 0.2) is 11.5 Å². The molecule has 2 aromatic rings. The van der Waals surface area contributed by atoms with Gasteiger partial charge in [-0.15, -0.1) is 0 Å². The van der Waals surface area contributed by atoms with Gasteiger partial charge in [-0.2, -0.15) is 0 Å². The zero-order chi connectivity index (χ0) is 19.5. The molecular formula is C22H29NO4. The third-order valence-corrected chi connectivity index (χ3v) is 4.18. The topological polar surface area (TPSA) is 56.8 Å². The molecule has 0 bridgehead atoms. The van der Waals surface area contributed by atoms with Crippen LogP contribution in [0.5, 0.6) is 17.2 Å². The second-order valence-corrected chi connectivity index (χ2v) is 6.09. The number of benzene rings is 2. The summed E-state index contributed by atoms with van der Waals surface area (Å²) in [4.78, 5) is 12.4. The van der Waals surface area contributed by atoms with Gasteiger partial charge in [0.25, 0.3) is 5.91 Å². The predicted molar refractivity (Wildman–Crippen MR) is 107 cm³/mol. The second-order valence-electron chi connectivity index (χ2n) is 6.09. The molecule has 5 heteroatoms. The van der Waals surface area contributed by atoms with Gasteiger partial charge in [-0.25, -0.2) is 0 Å². The van der Waals surface area contributed by atoms with E-state index in [1.165, 1.54) is 0 Å². The van der Waals surface area contributed by atoms with Gasteiger partial charge in [0.05, 0.1) is 6.61 Å². The Balaban J connectivity index is 1.96. The molecule has 146 valence electrons. The fourth-order valence-electron chi connectivity index (χ4n) is 2.63. The zero-order valence-electron chi connectivity index (χ0n) is 16.4. The molecule has 27 heavy (non-hydrogen) atoms. The summed E-state index contributed by atoms with van der Waals surface area (Å²) < 4.78 is 17.1. The average molecular weight is 371 g/mol. The van der Waals surface area contributed by atoms with Gasteiger partial charge in [0, 0.05) is 11.6 Å². The van der Waals surface area contributed by atoms with E-state index in [1.54, 1.807) is 18.2 Å². The van der Waals surface area contributed by atoms with E-state index in [2.05, 4.69) is 19.2 Å². The van der Waals surface area contributed by atoms with Gasteiger partial charge in [-0.1, -0.05) is 32.0 Å².